The van der Waals surface area contributed by atoms with E-state index in [-0.39, 0.29) is 5.91 Å². The predicted molar refractivity (Wildman–Crippen MR) is 103 cm³/mol. The molecule has 2 aromatic heterocycles. The summed E-state index contributed by atoms with van der Waals surface area (Å²) < 4.78 is 8.69. The molecular weight excluding hydrogens is 354 g/mol. The molecule has 1 spiro atoms. The lowest BCUT2D eigenvalue weighted by atomic mass is 9.88. The number of imidazole rings is 1. The van der Waals surface area contributed by atoms with E-state index in [1.165, 1.54) is 0 Å². The molecule has 3 aliphatic rings. The van der Waals surface area contributed by atoms with Crippen LogP contribution >= 0.6 is 0 Å². The van der Waals surface area contributed by atoms with Crippen molar-refractivity contribution in [2.24, 2.45) is 0 Å². The summed E-state index contributed by atoms with van der Waals surface area (Å²) in [7, 11) is 0. The van der Waals surface area contributed by atoms with Crippen LogP contribution in [0.2, 0.25) is 0 Å². The quantitative estimate of drug-likeness (QED) is 0.811. The first-order chi connectivity index (χ1) is 13.7. The first kappa shape index (κ1) is 17.8. The Morgan fingerprint density at radius 3 is 2.68 bits per heavy atom. The molecule has 7 heteroatoms. The minimum Gasteiger partial charge on any atom is -0.352 e. The second kappa shape index (κ2) is 7.29. The third-order valence-electron chi connectivity index (χ3n) is 6.32. The molecule has 2 fully saturated rings. The fourth-order valence-corrected chi connectivity index (χ4v) is 4.80. The number of nitrogens with zero attached hydrogens (tertiary/aromatic N) is 5. The fraction of sp³-hybridized carbons (Fsp3) is 0.571. The molecule has 0 aromatic carbocycles. The van der Waals surface area contributed by atoms with E-state index in [9.17, 15) is 4.79 Å². The van der Waals surface area contributed by atoms with Gasteiger partial charge in [0.05, 0.1) is 12.2 Å². The van der Waals surface area contributed by atoms with Crippen molar-refractivity contribution in [1.29, 1.82) is 0 Å². The molecular formula is C21H27N5O2. The highest BCUT2D eigenvalue weighted by Gasteiger charge is 2.47. The molecule has 0 radical (unpaired) electrons. The molecule has 1 unspecified atom stereocenters. The first-order valence-electron chi connectivity index (χ1n) is 10.3. The molecule has 2 aromatic rings. The van der Waals surface area contributed by atoms with E-state index >= 15 is 0 Å². The summed E-state index contributed by atoms with van der Waals surface area (Å²) in [6, 6.07) is 6.05. The van der Waals surface area contributed by atoms with E-state index in [2.05, 4.69) is 25.5 Å². The number of hydrogen-bond donors (Lipinski definition) is 0. The van der Waals surface area contributed by atoms with Crippen LogP contribution in [0.25, 0.3) is 0 Å². The summed E-state index contributed by atoms with van der Waals surface area (Å²) in [6.07, 6.45) is 9.16. The minimum absolute atomic E-state index is 0.146. The highest BCUT2D eigenvalue weighted by atomic mass is 16.5. The zero-order chi connectivity index (χ0) is 19.0. The Morgan fingerprint density at radius 2 is 1.93 bits per heavy atom. The van der Waals surface area contributed by atoms with Crippen molar-refractivity contribution in [3.63, 3.8) is 0 Å². The number of hydrogen-bond acceptors (Lipinski definition) is 5. The molecule has 5 heterocycles. The van der Waals surface area contributed by atoms with Crippen LogP contribution in [-0.4, -0.2) is 62.5 Å². The van der Waals surface area contributed by atoms with Gasteiger partial charge in [-0.15, -0.1) is 0 Å². The van der Waals surface area contributed by atoms with Crippen molar-refractivity contribution in [1.82, 2.24) is 24.3 Å². The number of aromatic nitrogens is 3. The molecule has 2 saturated heterocycles. The predicted octanol–water partition coefficient (Wildman–Crippen LogP) is 1.79. The molecule has 0 N–H and O–H groups in total. The lowest BCUT2D eigenvalue weighted by Gasteiger charge is -2.46. The van der Waals surface area contributed by atoms with Crippen LogP contribution in [0.3, 0.4) is 0 Å². The Morgan fingerprint density at radius 1 is 1.11 bits per heavy atom. The number of amides is 1. The Bertz CT molecular complexity index is 822. The van der Waals surface area contributed by atoms with Gasteiger partial charge in [-0.3, -0.25) is 14.7 Å². The second-order valence-electron chi connectivity index (χ2n) is 8.13. The van der Waals surface area contributed by atoms with Crippen LogP contribution in [0.15, 0.2) is 36.8 Å². The summed E-state index contributed by atoms with van der Waals surface area (Å²) >= 11 is 0. The zero-order valence-corrected chi connectivity index (χ0v) is 16.2. The third-order valence-corrected chi connectivity index (χ3v) is 6.32. The summed E-state index contributed by atoms with van der Waals surface area (Å²) in [5.41, 5.74) is 0.634. The topological polar surface area (TPSA) is 63.5 Å². The summed E-state index contributed by atoms with van der Waals surface area (Å²) in [5, 5.41) is 0. The van der Waals surface area contributed by atoms with Gasteiger partial charge in [0.15, 0.2) is 6.10 Å². The number of piperidine rings is 1. The maximum atomic E-state index is 13.0. The molecule has 3 aliphatic heterocycles. The van der Waals surface area contributed by atoms with Gasteiger partial charge in [0.25, 0.3) is 5.91 Å². The number of rotatable bonds is 3. The summed E-state index contributed by atoms with van der Waals surface area (Å²) in [4.78, 5) is 26.5. The molecule has 1 amide bonds. The van der Waals surface area contributed by atoms with Crippen molar-refractivity contribution < 1.29 is 9.53 Å². The largest absolute Gasteiger partial charge is 0.352 e. The SMILES string of the molecule is O=C(C1Cn2ccnc2C2(CCN(Cc3ccccn3)CC2)O1)N1CCCC1. The van der Waals surface area contributed by atoms with Crippen LogP contribution in [0.4, 0.5) is 0 Å². The molecule has 5 rings (SSSR count). The van der Waals surface area contributed by atoms with Crippen LogP contribution in [0, 0.1) is 0 Å². The van der Waals surface area contributed by atoms with Gasteiger partial charge >= 0.3 is 0 Å². The maximum Gasteiger partial charge on any atom is 0.253 e. The average molecular weight is 381 g/mol. The van der Waals surface area contributed by atoms with Gasteiger partial charge < -0.3 is 14.2 Å². The standard InChI is InChI=1S/C21H27N5O2/c27-19(25-10-3-4-11-25)18-16-26-14-9-23-20(26)21(28-18)6-12-24(13-7-21)15-17-5-1-2-8-22-17/h1-2,5,8-9,14,18H,3-4,6-7,10-13,15-16H2. The third kappa shape index (κ3) is 3.22. The van der Waals surface area contributed by atoms with Crippen molar-refractivity contribution in [3.05, 3.63) is 48.3 Å². The van der Waals surface area contributed by atoms with E-state index in [1.807, 2.05) is 35.6 Å². The van der Waals surface area contributed by atoms with E-state index in [4.69, 9.17) is 4.74 Å². The fourth-order valence-electron chi connectivity index (χ4n) is 4.80. The number of likely N-dealkylation sites (tertiary alicyclic amines) is 2. The minimum atomic E-state index is -0.456. The average Bonchev–Trinajstić information content (AvgIpc) is 3.42. The van der Waals surface area contributed by atoms with Gasteiger partial charge in [-0.05, 0) is 37.8 Å². The molecule has 28 heavy (non-hydrogen) atoms. The molecule has 7 nitrogen and oxygen atoms in total. The zero-order valence-electron chi connectivity index (χ0n) is 16.2. The van der Waals surface area contributed by atoms with Gasteiger partial charge in [-0.2, -0.15) is 0 Å². The van der Waals surface area contributed by atoms with E-state index in [0.29, 0.717) is 6.54 Å². The smallest absolute Gasteiger partial charge is 0.253 e. The van der Waals surface area contributed by atoms with Crippen LogP contribution in [0.5, 0.6) is 0 Å². The number of carbonyl (C=O) groups is 1. The van der Waals surface area contributed by atoms with E-state index < -0.39 is 11.7 Å². The van der Waals surface area contributed by atoms with Gasteiger partial charge in [0.2, 0.25) is 0 Å². The molecule has 0 aliphatic carbocycles. The lowest BCUT2D eigenvalue weighted by Crippen LogP contribution is -2.54. The second-order valence-corrected chi connectivity index (χ2v) is 8.13. The Labute approximate surface area is 165 Å². The van der Waals surface area contributed by atoms with Crippen molar-refractivity contribution >= 4 is 5.91 Å². The first-order valence-corrected chi connectivity index (χ1v) is 10.3. The molecule has 0 saturated carbocycles. The van der Waals surface area contributed by atoms with Gasteiger partial charge in [0.1, 0.15) is 11.4 Å². The van der Waals surface area contributed by atoms with Crippen molar-refractivity contribution in [2.75, 3.05) is 26.2 Å². The Hall–Kier alpha value is -2.25. The van der Waals surface area contributed by atoms with Crippen LogP contribution in [-0.2, 0) is 28.2 Å². The van der Waals surface area contributed by atoms with Crippen LogP contribution < -0.4 is 0 Å². The maximum absolute atomic E-state index is 13.0. The highest BCUT2D eigenvalue weighted by molar-refractivity contribution is 5.81. The normalized spacial score (nSPS) is 24.4. The van der Waals surface area contributed by atoms with Gasteiger partial charge in [-0.25, -0.2) is 4.98 Å². The van der Waals surface area contributed by atoms with E-state index in [0.717, 1.165) is 69.9 Å². The van der Waals surface area contributed by atoms with Crippen LogP contribution in [0.1, 0.15) is 37.2 Å². The van der Waals surface area contributed by atoms with E-state index in [1.54, 1.807) is 0 Å². The van der Waals surface area contributed by atoms with Gasteiger partial charge in [0, 0.05) is 51.3 Å². The molecule has 1 atom stereocenters. The number of ether oxygens (including phenoxy) is 1. The molecule has 148 valence electrons. The van der Waals surface area contributed by atoms with Crippen molar-refractivity contribution in [2.45, 2.75) is 50.5 Å². The number of pyridine rings is 1. The number of fused-ring (bicyclic) bond motifs is 2. The summed E-state index contributed by atoms with van der Waals surface area (Å²) in [6.45, 7) is 4.97. The summed E-state index contributed by atoms with van der Waals surface area (Å²) in [5.74, 6) is 1.13. The Balaban J connectivity index is 1.32. The van der Waals surface area contributed by atoms with Gasteiger partial charge in [-0.1, -0.05) is 6.07 Å². The monoisotopic (exact) mass is 381 g/mol. The number of carbonyl (C=O) groups excluding carboxylic acids is 1. The lowest BCUT2D eigenvalue weighted by molar-refractivity contribution is -0.180. The molecule has 0 bridgehead atoms. The Kier molecular flexibility index (Phi) is 4.64. The van der Waals surface area contributed by atoms with Crippen molar-refractivity contribution in [3.8, 4) is 0 Å². The highest BCUT2D eigenvalue weighted by Crippen LogP contribution is 2.40.